The number of thioether (sulfide) groups is 1. The fraction of sp³-hybridized carbons (Fsp3) is 0.143. The largest absolute Gasteiger partial charge is 0.422 e. The number of nitriles is 1. The average molecular weight is 374 g/mol. The summed E-state index contributed by atoms with van der Waals surface area (Å²) < 4.78 is 7.61. The first-order chi connectivity index (χ1) is 13.1. The third kappa shape index (κ3) is 2.86. The van der Waals surface area contributed by atoms with Crippen LogP contribution in [0.15, 0.2) is 70.9 Å². The van der Waals surface area contributed by atoms with Crippen molar-refractivity contribution in [1.29, 1.82) is 5.26 Å². The Morgan fingerprint density at radius 1 is 1.15 bits per heavy atom. The summed E-state index contributed by atoms with van der Waals surface area (Å²) in [6, 6.07) is 20.2. The minimum atomic E-state index is -0.299. The van der Waals surface area contributed by atoms with Crippen molar-refractivity contribution in [2.24, 2.45) is 5.73 Å². The van der Waals surface area contributed by atoms with Crippen LogP contribution in [0.5, 0.6) is 5.88 Å². The van der Waals surface area contributed by atoms with Crippen molar-refractivity contribution in [3.8, 4) is 17.6 Å². The first-order valence-electron chi connectivity index (χ1n) is 8.50. The number of aromatic nitrogens is 2. The summed E-state index contributed by atoms with van der Waals surface area (Å²) in [5.74, 6) is 0.391. The summed E-state index contributed by atoms with van der Waals surface area (Å²) in [7, 11) is 0. The van der Waals surface area contributed by atoms with Crippen LogP contribution in [0.2, 0.25) is 0 Å². The molecule has 1 aliphatic heterocycles. The Morgan fingerprint density at radius 3 is 2.48 bits per heavy atom. The molecule has 2 heterocycles. The second-order valence-corrected chi connectivity index (χ2v) is 7.13. The maximum Gasteiger partial charge on any atom is 0.229 e. The Bertz CT molecular complexity index is 1060. The number of ether oxygens (including phenoxy) is 1. The molecular formula is C21H18N4OS. The van der Waals surface area contributed by atoms with Crippen molar-refractivity contribution >= 4 is 11.8 Å². The van der Waals surface area contributed by atoms with Gasteiger partial charge in [0.1, 0.15) is 11.6 Å². The van der Waals surface area contributed by atoms with E-state index < -0.39 is 0 Å². The number of hydrogen-bond donors (Lipinski definition) is 1. The Labute approximate surface area is 162 Å². The highest BCUT2D eigenvalue weighted by molar-refractivity contribution is 7.98. The van der Waals surface area contributed by atoms with Gasteiger partial charge >= 0.3 is 0 Å². The van der Waals surface area contributed by atoms with E-state index in [-0.39, 0.29) is 11.8 Å². The van der Waals surface area contributed by atoms with Crippen LogP contribution in [0.1, 0.15) is 22.7 Å². The normalized spacial score (nSPS) is 15.8. The van der Waals surface area contributed by atoms with Gasteiger partial charge in [0, 0.05) is 4.90 Å². The van der Waals surface area contributed by atoms with Gasteiger partial charge in [-0.05, 0) is 43.0 Å². The van der Waals surface area contributed by atoms with Gasteiger partial charge in [0.15, 0.2) is 0 Å². The predicted molar refractivity (Wildman–Crippen MR) is 106 cm³/mol. The summed E-state index contributed by atoms with van der Waals surface area (Å²) >= 11 is 1.68. The van der Waals surface area contributed by atoms with Gasteiger partial charge in [-0.2, -0.15) is 10.4 Å². The number of rotatable bonds is 3. The van der Waals surface area contributed by atoms with E-state index in [1.807, 2.05) is 55.6 Å². The van der Waals surface area contributed by atoms with E-state index in [2.05, 4.69) is 23.3 Å². The van der Waals surface area contributed by atoms with Crippen molar-refractivity contribution in [3.05, 3.63) is 82.9 Å². The molecule has 0 radical (unpaired) electrons. The highest BCUT2D eigenvalue weighted by atomic mass is 32.2. The second-order valence-electron chi connectivity index (χ2n) is 6.25. The number of nitrogens with zero attached hydrogens (tertiary/aromatic N) is 3. The van der Waals surface area contributed by atoms with E-state index in [9.17, 15) is 5.26 Å². The zero-order valence-corrected chi connectivity index (χ0v) is 15.8. The molecule has 0 bridgehead atoms. The number of fused-ring (bicyclic) bond motifs is 1. The van der Waals surface area contributed by atoms with Gasteiger partial charge < -0.3 is 10.5 Å². The molecule has 1 atom stereocenters. The zero-order valence-electron chi connectivity index (χ0n) is 15.0. The van der Waals surface area contributed by atoms with Gasteiger partial charge in [-0.1, -0.05) is 30.3 Å². The Kier molecular flexibility index (Phi) is 4.38. The number of para-hydroxylation sites is 1. The van der Waals surface area contributed by atoms with Crippen LogP contribution in [0, 0.1) is 18.3 Å². The van der Waals surface area contributed by atoms with Gasteiger partial charge in [0.05, 0.1) is 22.9 Å². The van der Waals surface area contributed by atoms with Crippen LogP contribution in [-0.4, -0.2) is 16.0 Å². The van der Waals surface area contributed by atoms with E-state index in [1.54, 1.807) is 16.4 Å². The number of hydrogen-bond acceptors (Lipinski definition) is 5. The fourth-order valence-corrected chi connectivity index (χ4v) is 3.80. The van der Waals surface area contributed by atoms with Crippen molar-refractivity contribution in [3.63, 3.8) is 0 Å². The van der Waals surface area contributed by atoms with Crippen molar-refractivity contribution in [1.82, 2.24) is 9.78 Å². The van der Waals surface area contributed by atoms with Crippen LogP contribution >= 0.6 is 11.8 Å². The number of aryl methyl sites for hydroxylation is 1. The lowest BCUT2D eigenvalue weighted by molar-refractivity contribution is 0.367. The van der Waals surface area contributed by atoms with Crippen molar-refractivity contribution < 1.29 is 4.74 Å². The average Bonchev–Trinajstić information content (AvgIpc) is 3.03. The smallest absolute Gasteiger partial charge is 0.229 e. The van der Waals surface area contributed by atoms with E-state index in [0.29, 0.717) is 11.5 Å². The predicted octanol–water partition coefficient (Wildman–Crippen LogP) is 4.12. The molecule has 5 nitrogen and oxygen atoms in total. The Morgan fingerprint density at radius 2 is 1.85 bits per heavy atom. The van der Waals surface area contributed by atoms with Gasteiger partial charge in [-0.25, -0.2) is 4.68 Å². The third-order valence-electron chi connectivity index (χ3n) is 4.68. The van der Waals surface area contributed by atoms with Crippen LogP contribution < -0.4 is 10.5 Å². The molecule has 4 rings (SSSR count). The monoisotopic (exact) mass is 374 g/mol. The molecule has 3 aromatic rings. The molecule has 0 spiro atoms. The van der Waals surface area contributed by atoms with Crippen molar-refractivity contribution in [2.45, 2.75) is 17.7 Å². The maximum atomic E-state index is 9.74. The molecule has 0 amide bonds. The van der Waals surface area contributed by atoms with Crippen LogP contribution in [-0.2, 0) is 0 Å². The van der Waals surface area contributed by atoms with Crippen LogP contribution in [0.25, 0.3) is 5.69 Å². The third-order valence-corrected chi connectivity index (χ3v) is 5.43. The number of benzene rings is 2. The molecule has 6 heteroatoms. The van der Waals surface area contributed by atoms with E-state index >= 15 is 0 Å². The molecule has 1 aliphatic rings. The van der Waals surface area contributed by atoms with E-state index in [0.717, 1.165) is 27.4 Å². The molecule has 134 valence electrons. The van der Waals surface area contributed by atoms with E-state index in [4.69, 9.17) is 10.5 Å². The lowest BCUT2D eigenvalue weighted by atomic mass is 9.84. The Balaban J connectivity index is 1.92. The van der Waals surface area contributed by atoms with Crippen LogP contribution in [0.3, 0.4) is 0 Å². The highest BCUT2D eigenvalue weighted by Gasteiger charge is 2.36. The lowest BCUT2D eigenvalue weighted by Crippen LogP contribution is -2.22. The summed E-state index contributed by atoms with van der Waals surface area (Å²) in [5, 5.41) is 14.4. The summed E-state index contributed by atoms with van der Waals surface area (Å²) in [6.07, 6.45) is 2.04. The molecule has 2 aromatic carbocycles. The molecule has 0 unspecified atom stereocenters. The van der Waals surface area contributed by atoms with Crippen LogP contribution in [0.4, 0.5) is 0 Å². The molecule has 2 N–H and O–H groups in total. The summed E-state index contributed by atoms with van der Waals surface area (Å²) in [4.78, 5) is 1.16. The van der Waals surface area contributed by atoms with Gasteiger partial charge in [0.2, 0.25) is 11.8 Å². The SMILES string of the molecule is CSc1ccc([C@H]2C(C#N)=C(N)Oc3c2c(C)nn3-c2ccccc2)cc1. The number of allylic oxidation sites excluding steroid dienone is 1. The van der Waals surface area contributed by atoms with Gasteiger partial charge in [0.25, 0.3) is 0 Å². The van der Waals surface area contributed by atoms with E-state index in [1.165, 1.54) is 0 Å². The quantitative estimate of drug-likeness (QED) is 0.698. The summed E-state index contributed by atoms with van der Waals surface area (Å²) in [5.41, 5.74) is 10.1. The van der Waals surface area contributed by atoms with Crippen molar-refractivity contribution in [2.75, 3.05) is 6.26 Å². The lowest BCUT2D eigenvalue weighted by Gasteiger charge is -2.25. The first-order valence-corrected chi connectivity index (χ1v) is 9.73. The second kappa shape index (κ2) is 6.86. The molecule has 0 saturated heterocycles. The molecular weight excluding hydrogens is 356 g/mol. The highest BCUT2D eigenvalue weighted by Crippen LogP contribution is 2.44. The molecule has 0 saturated carbocycles. The fourth-order valence-electron chi connectivity index (χ4n) is 3.39. The minimum absolute atomic E-state index is 0.126. The molecule has 1 aromatic heterocycles. The topological polar surface area (TPSA) is 76.9 Å². The molecule has 0 fully saturated rings. The maximum absolute atomic E-state index is 9.74. The number of nitrogens with two attached hydrogens (primary N) is 1. The summed E-state index contributed by atoms with van der Waals surface area (Å²) in [6.45, 7) is 1.93. The standard InChI is InChI=1S/C21H18N4OS/c1-13-18-19(14-8-10-16(27-2)11-9-14)17(12-22)20(23)26-21(18)25(24-13)15-6-4-3-5-7-15/h3-11,19H,23H2,1-2H3/t19-/m0/s1. The van der Waals surface area contributed by atoms with Gasteiger partial charge in [-0.3, -0.25) is 0 Å². The Hall–Kier alpha value is -3.17. The van der Waals surface area contributed by atoms with Gasteiger partial charge in [-0.15, -0.1) is 11.8 Å². The first kappa shape index (κ1) is 17.3. The minimum Gasteiger partial charge on any atom is -0.422 e. The molecule has 0 aliphatic carbocycles. The zero-order chi connectivity index (χ0) is 19.0. The molecule has 27 heavy (non-hydrogen) atoms.